The van der Waals surface area contributed by atoms with Gasteiger partial charge in [0.05, 0.1) is 5.52 Å². The lowest BCUT2D eigenvalue weighted by atomic mass is 10.1. The molecule has 0 atom stereocenters. The van der Waals surface area contributed by atoms with Crippen LogP contribution in [0.15, 0.2) is 23.8 Å². The van der Waals surface area contributed by atoms with Crippen molar-refractivity contribution >= 4 is 21.6 Å². The molecule has 0 amide bonds. The van der Waals surface area contributed by atoms with Crippen molar-refractivity contribution in [3.05, 3.63) is 41.3 Å². The van der Waals surface area contributed by atoms with Gasteiger partial charge in [0, 0.05) is 16.5 Å². The summed E-state index contributed by atoms with van der Waals surface area (Å²) in [5.41, 5.74) is 0.833. The number of benzene rings is 1. The average Bonchev–Trinajstić information content (AvgIpc) is 3.06. The molecule has 3 aromatic rings. The number of fused-ring (bicyclic) bond motifs is 1. The first kappa shape index (κ1) is 16.3. The van der Waals surface area contributed by atoms with Gasteiger partial charge in [-0.1, -0.05) is 0 Å². The average molecular weight is 365 g/mol. The summed E-state index contributed by atoms with van der Waals surface area (Å²) in [5.74, 6) is -3.49. The van der Waals surface area contributed by atoms with Gasteiger partial charge in [0.15, 0.2) is 17.5 Å². The molecule has 0 unspecified atom stereocenters. The molecule has 1 saturated heterocycles. The molecule has 0 aliphatic carbocycles. The van der Waals surface area contributed by atoms with Crippen molar-refractivity contribution in [3.8, 4) is 17.0 Å². The molecule has 1 aliphatic heterocycles. The zero-order valence-electron chi connectivity index (χ0n) is 13.1. The summed E-state index contributed by atoms with van der Waals surface area (Å²) in [6, 6.07) is 2.12. The summed E-state index contributed by atoms with van der Waals surface area (Å²) in [7, 11) is 0. The van der Waals surface area contributed by atoms with E-state index >= 15 is 0 Å². The molecule has 0 bridgehead atoms. The smallest absolute Gasteiger partial charge is 0.235 e. The lowest BCUT2D eigenvalue weighted by molar-refractivity contribution is 0.158. The monoisotopic (exact) mass is 365 g/mol. The van der Waals surface area contributed by atoms with Crippen LogP contribution in [-0.4, -0.2) is 29.2 Å². The van der Waals surface area contributed by atoms with E-state index in [9.17, 15) is 13.2 Å². The number of hydrogen-bond donors (Lipinski definition) is 1. The van der Waals surface area contributed by atoms with Crippen molar-refractivity contribution in [1.29, 1.82) is 0 Å². The van der Waals surface area contributed by atoms with Gasteiger partial charge in [-0.15, -0.1) is 11.3 Å². The van der Waals surface area contributed by atoms with Crippen molar-refractivity contribution in [1.82, 2.24) is 15.3 Å². The first-order chi connectivity index (χ1) is 12.1. The zero-order valence-corrected chi connectivity index (χ0v) is 13.9. The fourth-order valence-corrected chi connectivity index (χ4v) is 3.86. The van der Waals surface area contributed by atoms with Crippen LogP contribution in [-0.2, 0) is 0 Å². The Morgan fingerprint density at radius 1 is 1.04 bits per heavy atom. The standard InChI is InChI=1S/C17H14F3N3OS/c18-12-2-1-10(13(19)14(12)20)11-7-25-16-15(11)22-8-23-17(16)24-9-3-5-21-6-4-9/h1-2,7-9,21H,3-6H2. The number of nitrogens with one attached hydrogen (secondary N) is 1. The molecule has 0 spiro atoms. The lowest BCUT2D eigenvalue weighted by Gasteiger charge is -2.23. The molecule has 1 N–H and O–H groups in total. The van der Waals surface area contributed by atoms with Crippen LogP contribution in [0, 0.1) is 17.5 Å². The van der Waals surface area contributed by atoms with E-state index in [4.69, 9.17) is 4.74 Å². The second-order valence-corrected chi connectivity index (χ2v) is 6.68. The SMILES string of the molecule is Fc1ccc(-c2csc3c(OC4CCNCC4)ncnc23)c(F)c1F. The van der Waals surface area contributed by atoms with Crippen LogP contribution in [0.5, 0.6) is 5.88 Å². The van der Waals surface area contributed by atoms with E-state index in [1.807, 2.05) is 0 Å². The lowest BCUT2D eigenvalue weighted by Crippen LogP contribution is -2.34. The number of piperidine rings is 1. The Morgan fingerprint density at radius 2 is 1.84 bits per heavy atom. The van der Waals surface area contributed by atoms with Crippen molar-refractivity contribution in [2.24, 2.45) is 0 Å². The third-order valence-electron chi connectivity index (χ3n) is 4.21. The van der Waals surface area contributed by atoms with Gasteiger partial charge in [-0.3, -0.25) is 0 Å². The molecular formula is C17H14F3N3OS. The molecule has 1 fully saturated rings. The molecule has 130 valence electrons. The van der Waals surface area contributed by atoms with Crippen LogP contribution in [0.4, 0.5) is 13.2 Å². The maximum Gasteiger partial charge on any atom is 0.235 e. The first-order valence-electron chi connectivity index (χ1n) is 7.88. The van der Waals surface area contributed by atoms with Crippen molar-refractivity contribution < 1.29 is 17.9 Å². The highest BCUT2D eigenvalue weighted by molar-refractivity contribution is 7.18. The maximum atomic E-state index is 14.1. The summed E-state index contributed by atoms with van der Waals surface area (Å²) >= 11 is 1.29. The predicted octanol–water partition coefficient (Wildman–Crippen LogP) is 3.91. The van der Waals surface area contributed by atoms with Crippen LogP contribution < -0.4 is 10.1 Å². The van der Waals surface area contributed by atoms with Gasteiger partial charge in [0.25, 0.3) is 0 Å². The molecule has 1 aliphatic rings. The van der Waals surface area contributed by atoms with E-state index in [1.165, 1.54) is 23.7 Å². The minimum atomic E-state index is -1.49. The molecule has 3 heterocycles. The van der Waals surface area contributed by atoms with Crippen LogP contribution in [0.2, 0.25) is 0 Å². The molecule has 2 aromatic heterocycles. The number of nitrogens with zero attached hydrogens (tertiary/aromatic N) is 2. The van der Waals surface area contributed by atoms with Gasteiger partial charge in [0.1, 0.15) is 17.1 Å². The van der Waals surface area contributed by atoms with Gasteiger partial charge < -0.3 is 10.1 Å². The van der Waals surface area contributed by atoms with E-state index in [0.29, 0.717) is 21.7 Å². The summed E-state index contributed by atoms with van der Waals surface area (Å²) in [6.07, 6.45) is 3.15. The molecular weight excluding hydrogens is 351 g/mol. The van der Waals surface area contributed by atoms with Gasteiger partial charge in [-0.25, -0.2) is 23.1 Å². The second kappa shape index (κ2) is 6.61. The van der Waals surface area contributed by atoms with E-state index < -0.39 is 17.5 Å². The highest BCUT2D eigenvalue weighted by Gasteiger charge is 2.21. The summed E-state index contributed by atoms with van der Waals surface area (Å²) in [6.45, 7) is 1.77. The Kier molecular flexibility index (Phi) is 4.30. The number of aromatic nitrogens is 2. The normalized spacial score (nSPS) is 15.6. The minimum Gasteiger partial charge on any atom is -0.473 e. The Balaban J connectivity index is 1.75. The highest BCUT2D eigenvalue weighted by Crippen LogP contribution is 2.38. The van der Waals surface area contributed by atoms with Gasteiger partial charge in [-0.05, 0) is 38.1 Å². The largest absolute Gasteiger partial charge is 0.473 e. The number of rotatable bonds is 3. The van der Waals surface area contributed by atoms with E-state index in [-0.39, 0.29) is 11.7 Å². The zero-order chi connectivity index (χ0) is 17.4. The molecule has 25 heavy (non-hydrogen) atoms. The van der Waals surface area contributed by atoms with Crippen LogP contribution in [0.25, 0.3) is 21.3 Å². The van der Waals surface area contributed by atoms with Crippen LogP contribution >= 0.6 is 11.3 Å². The molecule has 0 saturated carbocycles. The van der Waals surface area contributed by atoms with Gasteiger partial charge in [0.2, 0.25) is 5.88 Å². The quantitative estimate of drug-likeness (QED) is 0.715. The fraction of sp³-hybridized carbons (Fsp3) is 0.294. The fourth-order valence-electron chi connectivity index (χ4n) is 2.91. The Hall–Kier alpha value is -2.19. The molecule has 8 heteroatoms. The predicted molar refractivity (Wildman–Crippen MR) is 89.2 cm³/mol. The van der Waals surface area contributed by atoms with Crippen molar-refractivity contribution in [2.75, 3.05) is 13.1 Å². The molecule has 4 nitrogen and oxygen atoms in total. The topological polar surface area (TPSA) is 47.0 Å². The number of thiophene rings is 1. The minimum absolute atomic E-state index is 0.0309. The number of halogens is 3. The van der Waals surface area contributed by atoms with Gasteiger partial charge >= 0.3 is 0 Å². The van der Waals surface area contributed by atoms with E-state index in [1.54, 1.807) is 5.38 Å². The highest BCUT2D eigenvalue weighted by atomic mass is 32.1. The van der Waals surface area contributed by atoms with Gasteiger partial charge in [-0.2, -0.15) is 0 Å². The molecule has 4 rings (SSSR count). The summed E-state index contributed by atoms with van der Waals surface area (Å²) in [4.78, 5) is 8.38. The Morgan fingerprint density at radius 3 is 2.64 bits per heavy atom. The Labute approximate surface area is 145 Å². The third kappa shape index (κ3) is 2.96. The molecule has 0 radical (unpaired) electrons. The third-order valence-corrected chi connectivity index (χ3v) is 5.17. The van der Waals surface area contributed by atoms with E-state index in [2.05, 4.69) is 15.3 Å². The van der Waals surface area contributed by atoms with Crippen LogP contribution in [0.3, 0.4) is 0 Å². The second-order valence-electron chi connectivity index (χ2n) is 5.80. The van der Waals surface area contributed by atoms with Crippen LogP contribution in [0.1, 0.15) is 12.8 Å². The maximum absolute atomic E-state index is 14.1. The first-order valence-corrected chi connectivity index (χ1v) is 8.76. The number of ether oxygens (including phenoxy) is 1. The van der Waals surface area contributed by atoms with Crippen molar-refractivity contribution in [2.45, 2.75) is 18.9 Å². The summed E-state index contributed by atoms with van der Waals surface area (Å²) in [5, 5.41) is 4.92. The Bertz CT molecular complexity index is 925. The summed E-state index contributed by atoms with van der Waals surface area (Å²) < 4.78 is 47.5. The molecule has 1 aromatic carbocycles. The van der Waals surface area contributed by atoms with E-state index in [0.717, 1.165) is 32.0 Å². The van der Waals surface area contributed by atoms with Crippen molar-refractivity contribution in [3.63, 3.8) is 0 Å². The number of hydrogen-bond acceptors (Lipinski definition) is 5.